The molecule has 2 N–H and O–H groups in total. The molecule has 0 aliphatic rings. The van der Waals surface area contributed by atoms with E-state index < -0.39 is 0 Å². The maximum absolute atomic E-state index is 11.9. The molecular weight excluding hydrogens is 318 g/mol. The number of rotatable bonds is 3. The molecule has 0 fully saturated rings. The van der Waals surface area contributed by atoms with E-state index in [2.05, 4.69) is 41.7 Å². The molecule has 1 amide bonds. The van der Waals surface area contributed by atoms with Crippen LogP contribution in [-0.2, 0) is 0 Å². The number of carbonyl (C=O) groups is 1. The molecule has 8 heteroatoms. The number of amides is 1. The van der Waals surface area contributed by atoms with Gasteiger partial charge in [-0.1, -0.05) is 11.3 Å². The van der Waals surface area contributed by atoms with Crippen LogP contribution in [0.2, 0.25) is 0 Å². The van der Waals surface area contributed by atoms with E-state index in [0.29, 0.717) is 16.0 Å². The molecule has 0 bridgehead atoms. The average Bonchev–Trinajstić information content (AvgIpc) is 2.81. The van der Waals surface area contributed by atoms with Gasteiger partial charge in [-0.05, 0) is 34.5 Å². The summed E-state index contributed by atoms with van der Waals surface area (Å²) in [5.74, 6) is 0.205. The Hall–Kier alpha value is -1.54. The predicted molar refractivity (Wildman–Crippen MR) is 74.1 cm³/mol. The van der Waals surface area contributed by atoms with Crippen molar-refractivity contribution in [2.24, 2.45) is 0 Å². The van der Waals surface area contributed by atoms with E-state index in [1.165, 1.54) is 11.3 Å². The molecule has 2 aromatic rings. The van der Waals surface area contributed by atoms with Gasteiger partial charge < -0.3 is 10.6 Å². The van der Waals surface area contributed by atoms with Gasteiger partial charge in [-0.15, -0.1) is 10.2 Å². The number of aryl methyl sites for hydroxylation is 1. The van der Waals surface area contributed by atoms with Gasteiger partial charge in [0, 0.05) is 17.7 Å². The Morgan fingerprint density at radius 3 is 2.83 bits per heavy atom. The van der Waals surface area contributed by atoms with E-state index >= 15 is 0 Å². The first-order valence-electron chi connectivity index (χ1n) is 5.05. The summed E-state index contributed by atoms with van der Waals surface area (Å²) in [5.41, 5.74) is 0.871. The lowest BCUT2D eigenvalue weighted by atomic mass is 10.3. The van der Waals surface area contributed by atoms with Crippen molar-refractivity contribution >= 4 is 44.1 Å². The van der Waals surface area contributed by atoms with Crippen molar-refractivity contribution in [2.45, 2.75) is 6.92 Å². The highest BCUT2D eigenvalue weighted by molar-refractivity contribution is 9.10. The summed E-state index contributed by atoms with van der Waals surface area (Å²) in [5, 5.41) is 14.0. The Bertz CT molecular complexity index is 585. The zero-order valence-corrected chi connectivity index (χ0v) is 12.1. The molecule has 0 radical (unpaired) electrons. The number of anilines is 2. The maximum Gasteiger partial charge on any atom is 0.287 e. The van der Waals surface area contributed by atoms with Crippen LogP contribution in [0.25, 0.3) is 0 Å². The zero-order valence-electron chi connectivity index (χ0n) is 9.69. The highest BCUT2D eigenvalue weighted by Gasteiger charge is 2.14. The summed E-state index contributed by atoms with van der Waals surface area (Å²) >= 11 is 4.50. The van der Waals surface area contributed by atoms with E-state index in [9.17, 15) is 4.79 Å². The third kappa shape index (κ3) is 2.82. The topological polar surface area (TPSA) is 79.8 Å². The van der Waals surface area contributed by atoms with Crippen molar-refractivity contribution in [3.05, 3.63) is 27.3 Å². The first-order chi connectivity index (χ1) is 8.60. The molecule has 2 rings (SSSR count). The molecule has 0 aromatic carbocycles. The van der Waals surface area contributed by atoms with Crippen LogP contribution in [-0.4, -0.2) is 28.1 Å². The zero-order chi connectivity index (χ0) is 13.1. The van der Waals surface area contributed by atoms with E-state index in [-0.39, 0.29) is 5.91 Å². The van der Waals surface area contributed by atoms with E-state index in [1.54, 1.807) is 13.2 Å². The van der Waals surface area contributed by atoms with Crippen LogP contribution < -0.4 is 10.6 Å². The molecule has 2 heterocycles. The number of hydrogen-bond donors (Lipinski definition) is 2. The van der Waals surface area contributed by atoms with Crippen molar-refractivity contribution in [1.29, 1.82) is 0 Å². The third-order valence-corrected chi connectivity index (χ3v) is 3.48. The fourth-order valence-corrected chi connectivity index (χ4v) is 2.29. The second kappa shape index (κ2) is 5.40. The maximum atomic E-state index is 11.9. The van der Waals surface area contributed by atoms with Crippen LogP contribution in [0.1, 0.15) is 15.4 Å². The number of nitrogens with one attached hydrogen (secondary N) is 2. The second-order valence-electron chi connectivity index (χ2n) is 3.44. The summed E-state index contributed by atoms with van der Waals surface area (Å²) in [7, 11) is 1.72. The Morgan fingerprint density at radius 1 is 1.44 bits per heavy atom. The SMILES string of the molecule is CNc1nnc(C(=O)Nc2ncc(Br)cc2C)s1. The summed E-state index contributed by atoms with van der Waals surface area (Å²) in [6, 6.07) is 1.88. The number of hydrogen-bond acceptors (Lipinski definition) is 6. The highest BCUT2D eigenvalue weighted by Crippen LogP contribution is 2.19. The van der Waals surface area contributed by atoms with Crippen LogP contribution in [0.4, 0.5) is 10.9 Å². The number of halogens is 1. The van der Waals surface area contributed by atoms with Crippen LogP contribution in [0.5, 0.6) is 0 Å². The van der Waals surface area contributed by atoms with Crippen LogP contribution in [0.15, 0.2) is 16.7 Å². The largest absolute Gasteiger partial charge is 0.363 e. The molecule has 0 unspecified atom stereocenters. The summed E-state index contributed by atoms with van der Waals surface area (Å²) < 4.78 is 0.867. The van der Waals surface area contributed by atoms with Gasteiger partial charge >= 0.3 is 0 Å². The normalized spacial score (nSPS) is 10.2. The van der Waals surface area contributed by atoms with Crippen molar-refractivity contribution in [3.63, 3.8) is 0 Å². The van der Waals surface area contributed by atoms with Gasteiger partial charge in [-0.2, -0.15) is 0 Å². The lowest BCUT2D eigenvalue weighted by Crippen LogP contribution is -2.13. The summed E-state index contributed by atoms with van der Waals surface area (Å²) in [4.78, 5) is 16.0. The molecular formula is C10H10BrN5OS. The number of carbonyl (C=O) groups excluding carboxylic acids is 1. The summed E-state index contributed by atoms with van der Waals surface area (Å²) in [6.45, 7) is 1.87. The molecule has 0 spiro atoms. The Balaban J connectivity index is 2.16. The number of aromatic nitrogens is 3. The van der Waals surface area contributed by atoms with Crippen LogP contribution >= 0.6 is 27.3 Å². The van der Waals surface area contributed by atoms with Crippen LogP contribution in [0, 0.1) is 6.92 Å². The molecule has 0 saturated heterocycles. The number of nitrogens with zero attached hydrogens (tertiary/aromatic N) is 3. The fourth-order valence-electron chi connectivity index (χ4n) is 1.25. The van der Waals surface area contributed by atoms with E-state index in [4.69, 9.17) is 0 Å². The smallest absolute Gasteiger partial charge is 0.287 e. The lowest BCUT2D eigenvalue weighted by molar-refractivity contribution is 0.102. The van der Waals surface area contributed by atoms with Gasteiger partial charge in [0.15, 0.2) is 0 Å². The average molecular weight is 328 g/mol. The third-order valence-electron chi connectivity index (χ3n) is 2.11. The van der Waals surface area contributed by atoms with E-state index in [1.807, 2.05) is 13.0 Å². The van der Waals surface area contributed by atoms with Crippen molar-refractivity contribution < 1.29 is 4.79 Å². The molecule has 0 saturated carbocycles. The predicted octanol–water partition coefficient (Wildman–Crippen LogP) is 2.30. The lowest BCUT2D eigenvalue weighted by Gasteiger charge is -2.05. The van der Waals surface area contributed by atoms with Crippen molar-refractivity contribution in [2.75, 3.05) is 17.7 Å². The molecule has 0 aliphatic carbocycles. The molecule has 94 valence electrons. The van der Waals surface area contributed by atoms with Gasteiger partial charge in [-0.3, -0.25) is 4.79 Å². The van der Waals surface area contributed by atoms with Gasteiger partial charge in [0.2, 0.25) is 10.1 Å². The molecule has 6 nitrogen and oxygen atoms in total. The minimum absolute atomic E-state index is 0.295. The minimum atomic E-state index is -0.313. The van der Waals surface area contributed by atoms with Gasteiger partial charge in [-0.25, -0.2) is 4.98 Å². The second-order valence-corrected chi connectivity index (χ2v) is 5.33. The minimum Gasteiger partial charge on any atom is -0.363 e. The Morgan fingerprint density at radius 2 is 2.22 bits per heavy atom. The highest BCUT2D eigenvalue weighted by atomic mass is 79.9. The molecule has 2 aromatic heterocycles. The van der Waals surface area contributed by atoms with Crippen molar-refractivity contribution in [3.8, 4) is 0 Å². The van der Waals surface area contributed by atoms with Crippen molar-refractivity contribution in [1.82, 2.24) is 15.2 Å². The van der Waals surface area contributed by atoms with Crippen LogP contribution in [0.3, 0.4) is 0 Å². The first kappa shape index (κ1) is 12.9. The standard InChI is InChI=1S/C10H10BrN5OS/c1-5-3-6(11)4-13-7(5)14-8(17)9-15-16-10(12-2)18-9/h3-4H,1-2H3,(H,12,16)(H,13,14,17). The first-order valence-corrected chi connectivity index (χ1v) is 6.66. The van der Waals surface area contributed by atoms with Gasteiger partial charge in [0.1, 0.15) is 5.82 Å². The Labute approximate surface area is 116 Å². The number of pyridine rings is 1. The monoisotopic (exact) mass is 327 g/mol. The van der Waals surface area contributed by atoms with Gasteiger partial charge in [0.05, 0.1) is 0 Å². The molecule has 18 heavy (non-hydrogen) atoms. The molecule has 0 atom stereocenters. The summed E-state index contributed by atoms with van der Waals surface area (Å²) in [6.07, 6.45) is 1.63. The van der Waals surface area contributed by atoms with E-state index in [0.717, 1.165) is 10.0 Å². The fraction of sp³-hybridized carbons (Fsp3) is 0.200. The Kier molecular flexibility index (Phi) is 3.87. The van der Waals surface area contributed by atoms with Gasteiger partial charge in [0.25, 0.3) is 5.91 Å². The molecule has 0 aliphatic heterocycles. The quantitative estimate of drug-likeness (QED) is 0.904.